The molecule has 0 saturated carbocycles. The van der Waals surface area contributed by atoms with E-state index in [0.717, 1.165) is 10.4 Å². The monoisotopic (exact) mass is 371 g/mol. The van der Waals surface area contributed by atoms with Crippen LogP contribution in [0.2, 0.25) is 0 Å². The van der Waals surface area contributed by atoms with Crippen LogP contribution in [0.15, 0.2) is 40.2 Å². The van der Waals surface area contributed by atoms with Gasteiger partial charge >= 0.3 is 5.97 Å². The molecule has 0 aliphatic carbocycles. The van der Waals surface area contributed by atoms with Gasteiger partial charge in [0, 0.05) is 15.4 Å². The SMILES string of the molecule is CC(NC(CC(=O)O)c1cccs1)c1ccc(F)cc1Br. The van der Waals surface area contributed by atoms with E-state index in [1.807, 2.05) is 24.4 Å². The quantitative estimate of drug-likeness (QED) is 0.784. The number of hydrogen-bond acceptors (Lipinski definition) is 3. The molecule has 0 spiro atoms. The van der Waals surface area contributed by atoms with Crippen LogP contribution in [-0.4, -0.2) is 11.1 Å². The molecule has 0 saturated heterocycles. The lowest BCUT2D eigenvalue weighted by Gasteiger charge is -2.22. The molecule has 21 heavy (non-hydrogen) atoms. The molecule has 2 aromatic rings. The number of thiophene rings is 1. The van der Waals surface area contributed by atoms with Crippen LogP contribution in [0.3, 0.4) is 0 Å². The zero-order valence-corrected chi connectivity index (χ0v) is 13.7. The Hall–Kier alpha value is -1.24. The van der Waals surface area contributed by atoms with Crippen LogP contribution in [-0.2, 0) is 4.79 Å². The van der Waals surface area contributed by atoms with Crippen molar-refractivity contribution in [3.05, 3.63) is 56.4 Å². The second kappa shape index (κ2) is 7.15. The van der Waals surface area contributed by atoms with Gasteiger partial charge in [0.1, 0.15) is 5.82 Å². The van der Waals surface area contributed by atoms with E-state index in [0.29, 0.717) is 4.47 Å². The average molecular weight is 372 g/mol. The van der Waals surface area contributed by atoms with Crippen molar-refractivity contribution in [1.82, 2.24) is 5.32 Å². The molecule has 2 unspecified atom stereocenters. The minimum absolute atomic E-state index is 0.00364. The van der Waals surface area contributed by atoms with Crippen molar-refractivity contribution in [2.75, 3.05) is 0 Å². The first-order valence-corrected chi connectivity index (χ1v) is 8.11. The van der Waals surface area contributed by atoms with Crippen LogP contribution < -0.4 is 5.32 Å². The third-order valence-corrected chi connectivity index (χ3v) is 4.82. The molecular formula is C15H15BrFNO2S. The second-order valence-electron chi connectivity index (χ2n) is 4.72. The van der Waals surface area contributed by atoms with E-state index in [2.05, 4.69) is 21.2 Å². The molecule has 0 radical (unpaired) electrons. The van der Waals surface area contributed by atoms with Crippen LogP contribution in [0, 0.1) is 5.82 Å². The van der Waals surface area contributed by atoms with Crippen molar-refractivity contribution in [2.24, 2.45) is 0 Å². The van der Waals surface area contributed by atoms with E-state index in [-0.39, 0.29) is 24.3 Å². The van der Waals surface area contributed by atoms with Gasteiger partial charge in [0.2, 0.25) is 0 Å². The Kier molecular flexibility index (Phi) is 5.50. The van der Waals surface area contributed by atoms with Crippen LogP contribution in [0.1, 0.15) is 35.9 Å². The topological polar surface area (TPSA) is 49.3 Å². The van der Waals surface area contributed by atoms with Crippen molar-refractivity contribution in [3.63, 3.8) is 0 Å². The van der Waals surface area contributed by atoms with Gasteiger partial charge in [0.15, 0.2) is 0 Å². The highest BCUT2D eigenvalue weighted by atomic mass is 79.9. The smallest absolute Gasteiger partial charge is 0.305 e. The summed E-state index contributed by atoms with van der Waals surface area (Å²) in [7, 11) is 0. The number of aliphatic carboxylic acids is 1. The minimum atomic E-state index is -0.855. The lowest BCUT2D eigenvalue weighted by molar-refractivity contribution is -0.137. The fourth-order valence-electron chi connectivity index (χ4n) is 2.15. The van der Waals surface area contributed by atoms with Crippen molar-refractivity contribution >= 4 is 33.2 Å². The van der Waals surface area contributed by atoms with Gasteiger partial charge in [-0.3, -0.25) is 4.79 Å². The molecule has 1 aromatic heterocycles. The van der Waals surface area contributed by atoms with Crippen molar-refractivity contribution in [1.29, 1.82) is 0 Å². The predicted molar refractivity (Wildman–Crippen MR) is 85.0 cm³/mol. The van der Waals surface area contributed by atoms with Crippen LogP contribution in [0.5, 0.6) is 0 Å². The molecular weight excluding hydrogens is 357 g/mol. The average Bonchev–Trinajstić information content (AvgIpc) is 2.90. The third kappa shape index (κ3) is 4.36. The van der Waals surface area contributed by atoms with Gasteiger partial charge in [-0.15, -0.1) is 11.3 Å². The number of carbonyl (C=O) groups is 1. The van der Waals surface area contributed by atoms with Gasteiger partial charge in [-0.05, 0) is 36.1 Å². The van der Waals surface area contributed by atoms with E-state index in [1.54, 1.807) is 6.07 Å². The fourth-order valence-corrected chi connectivity index (χ4v) is 3.63. The van der Waals surface area contributed by atoms with Crippen molar-refractivity contribution in [2.45, 2.75) is 25.4 Å². The Labute approximate surface area is 134 Å². The van der Waals surface area contributed by atoms with Gasteiger partial charge in [-0.1, -0.05) is 28.1 Å². The number of carboxylic acids is 1. The summed E-state index contributed by atoms with van der Waals surface area (Å²) in [5.41, 5.74) is 0.892. The molecule has 2 rings (SSSR count). The lowest BCUT2D eigenvalue weighted by Crippen LogP contribution is -2.26. The van der Waals surface area contributed by atoms with Crippen LogP contribution in [0.25, 0.3) is 0 Å². The zero-order chi connectivity index (χ0) is 15.4. The highest BCUT2D eigenvalue weighted by Gasteiger charge is 2.20. The van der Waals surface area contributed by atoms with Crippen molar-refractivity contribution < 1.29 is 14.3 Å². The molecule has 0 aliphatic rings. The number of hydrogen-bond donors (Lipinski definition) is 2. The number of nitrogens with one attached hydrogen (secondary N) is 1. The molecule has 3 nitrogen and oxygen atoms in total. The largest absolute Gasteiger partial charge is 0.481 e. The third-order valence-electron chi connectivity index (χ3n) is 3.15. The maximum atomic E-state index is 13.1. The molecule has 2 atom stereocenters. The highest BCUT2D eigenvalue weighted by molar-refractivity contribution is 9.10. The molecule has 0 bridgehead atoms. The molecule has 0 fully saturated rings. The molecule has 1 aromatic carbocycles. The molecule has 112 valence electrons. The summed E-state index contributed by atoms with van der Waals surface area (Å²) in [6.45, 7) is 1.93. The van der Waals surface area contributed by atoms with E-state index in [9.17, 15) is 9.18 Å². The Morgan fingerprint density at radius 2 is 2.24 bits per heavy atom. The first-order chi connectivity index (χ1) is 9.97. The van der Waals surface area contributed by atoms with Crippen LogP contribution >= 0.6 is 27.3 Å². The van der Waals surface area contributed by atoms with Gasteiger partial charge in [-0.2, -0.15) is 0 Å². The predicted octanol–water partition coefficient (Wildman–Crippen LogP) is 4.52. The second-order valence-corrected chi connectivity index (χ2v) is 6.55. The maximum absolute atomic E-state index is 13.1. The Bertz CT molecular complexity index is 618. The van der Waals surface area contributed by atoms with E-state index < -0.39 is 5.97 Å². The summed E-state index contributed by atoms with van der Waals surface area (Å²) in [6.07, 6.45) is 0.00364. The van der Waals surface area contributed by atoms with Gasteiger partial charge in [-0.25, -0.2) is 4.39 Å². The van der Waals surface area contributed by atoms with E-state index >= 15 is 0 Å². The maximum Gasteiger partial charge on any atom is 0.305 e. The Morgan fingerprint density at radius 3 is 2.81 bits per heavy atom. The first-order valence-electron chi connectivity index (χ1n) is 6.43. The highest BCUT2D eigenvalue weighted by Crippen LogP contribution is 2.29. The van der Waals surface area contributed by atoms with Crippen molar-refractivity contribution in [3.8, 4) is 0 Å². The molecule has 6 heteroatoms. The Morgan fingerprint density at radius 1 is 1.48 bits per heavy atom. The zero-order valence-electron chi connectivity index (χ0n) is 11.3. The summed E-state index contributed by atoms with van der Waals surface area (Å²) in [6, 6.07) is 7.94. The Balaban J connectivity index is 2.17. The van der Waals surface area contributed by atoms with Crippen LogP contribution in [0.4, 0.5) is 4.39 Å². The molecule has 0 amide bonds. The molecule has 1 heterocycles. The standard InChI is InChI=1S/C15H15BrFNO2S/c1-9(11-5-4-10(17)7-12(11)16)18-13(8-15(19)20)14-3-2-6-21-14/h2-7,9,13,18H,8H2,1H3,(H,19,20). The van der Waals surface area contributed by atoms with E-state index in [4.69, 9.17) is 5.11 Å². The van der Waals surface area contributed by atoms with Gasteiger partial charge in [0.05, 0.1) is 12.5 Å². The van der Waals surface area contributed by atoms with E-state index in [1.165, 1.54) is 23.5 Å². The number of rotatable bonds is 6. The summed E-state index contributed by atoms with van der Waals surface area (Å²) >= 11 is 4.86. The fraction of sp³-hybridized carbons (Fsp3) is 0.267. The summed E-state index contributed by atoms with van der Waals surface area (Å²) in [4.78, 5) is 12.0. The van der Waals surface area contributed by atoms with Gasteiger partial charge in [0.25, 0.3) is 0 Å². The lowest BCUT2D eigenvalue weighted by atomic mass is 10.1. The first kappa shape index (κ1) is 16.1. The molecule has 2 N–H and O–H groups in total. The normalized spacial score (nSPS) is 13.9. The number of benzene rings is 1. The summed E-state index contributed by atoms with van der Waals surface area (Å²) in [5, 5.41) is 14.3. The number of carboxylic acid groups (broad SMARTS) is 1. The minimum Gasteiger partial charge on any atom is -0.481 e. The summed E-state index contributed by atoms with van der Waals surface area (Å²) in [5.74, 6) is -1.16. The molecule has 0 aliphatic heterocycles. The van der Waals surface area contributed by atoms with Gasteiger partial charge < -0.3 is 10.4 Å². The summed E-state index contributed by atoms with van der Waals surface area (Å²) < 4.78 is 13.8. The number of halogens is 2.